The quantitative estimate of drug-likeness (QED) is 0.795. The number of fused-ring (bicyclic) bond motifs is 2. The maximum Gasteiger partial charge on any atom is 0.232 e. The summed E-state index contributed by atoms with van der Waals surface area (Å²) in [4.78, 5) is 30.3. The summed E-state index contributed by atoms with van der Waals surface area (Å²) in [6, 6.07) is 10.3. The average Bonchev–Trinajstić information content (AvgIpc) is 2.73. The van der Waals surface area contributed by atoms with Crippen LogP contribution in [0.15, 0.2) is 30.3 Å². The third-order valence-electron chi connectivity index (χ3n) is 7.67. The first-order valence-electron chi connectivity index (χ1n) is 11.3. The molecule has 3 fully saturated rings. The lowest BCUT2D eigenvalue weighted by Crippen LogP contribution is -2.56. The average molecular weight is 434 g/mol. The molecule has 3 aliphatic rings. The maximum absolute atomic E-state index is 13.2. The Morgan fingerprint density at radius 3 is 2.03 bits per heavy atom. The molecule has 2 aliphatic carbocycles. The van der Waals surface area contributed by atoms with Crippen molar-refractivity contribution in [2.45, 2.75) is 57.4 Å². The first-order valence-corrected chi connectivity index (χ1v) is 11.3. The van der Waals surface area contributed by atoms with Crippen LogP contribution < -0.4 is 5.73 Å². The molecule has 166 valence electrons. The lowest BCUT2D eigenvalue weighted by Gasteiger charge is -2.45. The summed E-state index contributed by atoms with van der Waals surface area (Å²) in [6.07, 6.45) is 5.53. The molecular weight excluding hydrogens is 398 g/mol. The number of hydrogen-bond acceptors (Lipinski definition) is 3. The zero-order valence-electron chi connectivity index (χ0n) is 18.3. The van der Waals surface area contributed by atoms with Crippen molar-refractivity contribution < 1.29 is 9.59 Å². The minimum absolute atomic E-state index is 0. The molecule has 2 amide bonds. The van der Waals surface area contributed by atoms with Gasteiger partial charge in [0, 0.05) is 38.1 Å². The van der Waals surface area contributed by atoms with E-state index in [1.807, 2.05) is 54.0 Å². The van der Waals surface area contributed by atoms with Crippen molar-refractivity contribution in [3.8, 4) is 0 Å². The van der Waals surface area contributed by atoms with Crippen molar-refractivity contribution in [2.75, 3.05) is 26.2 Å². The van der Waals surface area contributed by atoms with Gasteiger partial charge < -0.3 is 15.5 Å². The number of rotatable bonds is 3. The van der Waals surface area contributed by atoms with Crippen LogP contribution in [-0.2, 0) is 15.0 Å². The van der Waals surface area contributed by atoms with Gasteiger partial charge in [0.15, 0.2) is 0 Å². The highest BCUT2D eigenvalue weighted by Crippen LogP contribution is 2.42. The van der Waals surface area contributed by atoms with Crippen LogP contribution in [0.25, 0.3) is 0 Å². The zero-order chi connectivity index (χ0) is 20.6. The molecule has 30 heavy (non-hydrogen) atoms. The van der Waals surface area contributed by atoms with Crippen molar-refractivity contribution in [3.05, 3.63) is 35.9 Å². The van der Waals surface area contributed by atoms with E-state index in [4.69, 9.17) is 5.73 Å². The Morgan fingerprint density at radius 2 is 1.47 bits per heavy atom. The van der Waals surface area contributed by atoms with E-state index in [-0.39, 0.29) is 24.2 Å². The van der Waals surface area contributed by atoms with Crippen LogP contribution in [0.3, 0.4) is 0 Å². The van der Waals surface area contributed by atoms with Crippen LogP contribution in [0.2, 0.25) is 0 Å². The van der Waals surface area contributed by atoms with Crippen LogP contribution in [0.4, 0.5) is 0 Å². The van der Waals surface area contributed by atoms with Gasteiger partial charge in [-0.2, -0.15) is 0 Å². The van der Waals surface area contributed by atoms with Gasteiger partial charge in [0.2, 0.25) is 11.8 Å². The van der Waals surface area contributed by atoms with Gasteiger partial charge in [0.1, 0.15) is 0 Å². The molecule has 1 aliphatic heterocycles. The summed E-state index contributed by atoms with van der Waals surface area (Å²) in [7, 11) is 0. The smallest absolute Gasteiger partial charge is 0.232 e. The highest BCUT2D eigenvalue weighted by molar-refractivity contribution is 5.88. The molecule has 1 saturated heterocycles. The third kappa shape index (κ3) is 4.38. The fraction of sp³-hybridized carbons (Fsp3) is 0.667. The normalized spacial score (nSPS) is 29.2. The Morgan fingerprint density at radius 1 is 0.933 bits per heavy atom. The molecule has 0 spiro atoms. The number of benzene rings is 1. The molecular formula is C24H36ClN3O2. The second-order valence-corrected chi connectivity index (χ2v) is 9.81. The van der Waals surface area contributed by atoms with E-state index in [2.05, 4.69) is 0 Å². The summed E-state index contributed by atoms with van der Waals surface area (Å²) in [5.74, 6) is 1.61. The molecule has 4 rings (SSSR count). The van der Waals surface area contributed by atoms with Crippen molar-refractivity contribution in [1.29, 1.82) is 0 Å². The number of amides is 2. The van der Waals surface area contributed by atoms with Crippen LogP contribution in [0.5, 0.6) is 0 Å². The van der Waals surface area contributed by atoms with Crippen LogP contribution in [-0.4, -0.2) is 53.8 Å². The monoisotopic (exact) mass is 433 g/mol. The number of halogens is 1. The summed E-state index contributed by atoms with van der Waals surface area (Å²) in [6.45, 7) is 6.53. The number of nitrogens with zero attached hydrogens (tertiary/aromatic N) is 2. The minimum Gasteiger partial charge on any atom is -0.339 e. The van der Waals surface area contributed by atoms with Gasteiger partial charge in [-0.3, -0.25) is 9.59 Å². The van der Waals surface area contributed by atoms with E-state index in [9.17, 15) is 9.59 Å². The van der Waals surface area contributed by atoms with E-state index in [0.29, 0.717) is 50.0 Å². The van der Waals surface area contributed by atoms with E-state index in [0.717, 1.165) is 18.4 Å². The van der Waals surface area contributed by atoms with Gasteiger partial charge in [-0.15, -0.1) is 12.4 Å². The molecule has 5 nitrogen and oxygen atoms in total. The van der Waals surface area contributed by atoms with Gasteiger partial charge in [0.05, 0.1) is 5.41 Å². The molecule has 1 aromatic carbocycles. The number of piperazine rings is 1. The molecule has 0 aromatic heterocycles. The van der Waals surface area contributed by atoms with E-state index in [1.165, 1.54) is 19.3 Å². The topological polar surface area (TPSA) is 66.6 Å². The number of carbonyl (C=O) groups excluding carboxylic acids is 2. The molecule has 2 N–H and O–H groups in total. The Kier molecular flexibility index (Phi) is 7.13. The van der Waals surface area contributed by atoms with Gasteiger partial charge >= 0.3 is 0 Å². The van der Waals surface area contributed by atoms with Gasteiger partial charge in [-0.05, 0) is 56.9 Å². The first-order chi connectivity index (χ1) is 13.9. The Labute approximate surface area is 186 Å². The number of hydrogen-bond donors (Lipinski definition) is 1. The molecule has 6 heteroatoms. The minimum atomic E-state index is -0.551. The summed E-state index contributed by atoms with van der Waals surface area (Å²) in [5.41, 5.74) is 6.88. The van der Waals surface area contributed by atoms with Gasteiger partial charge in [0.25, 0.3) is 0 Å². The maximum atomic E-state index is 13.2. The van der Waals surface area contributed by atoms with Gasteiger partial charge in [-0.1, -0.05) is 36.8 Å². The largest absolute Gasteiger partial charge is 0.339 e. The van der Waals surface area contributed by atoms with Crippen molar-refractivity contribution in [2.24, 2.45) is 23.5 Å². The summed E-state index contributed by atoms with van der Waals surface area (Å²) >= 11 is 0. The molecule has 2 atom stereocenters. The molecule has 2 saturated carbocycles. The van der Waals surface area contributed by atoms with E-state index in [1.54, 1.807) is 0 Å². The Bertz CT molecular complexity index is 732. The standard InChI is InChI=1S/C24H35N3O2.ClH/c1-24(2,20-9-4-3-5-10-20)23(29)27-13-11-26(12-14-27)22(28)19-15-17-7-6-8-18(16-19)21(17)25;/h3-5,9-10,17-19,21H,6-8,11-16,25H2,1-2H3;1H. The lowest BCUT2D eigenvalue weighted by molar-refractivity contribution is -0.146. The zero-order valence-corrected chi connectivity index (χ0v) is 19.1. The van der Waals surface area contributed by atoms with Crippen LogP contribution >= 0.6 is 12.4 Å². The summed E-state index contributed by atoms with van der Waals surface area (Å²) in [5, 5.41) is 0. The number of carbonyl (C=O) groups is 2. The SMILES string of the molecule is CC(C)(C(=O)N1CCN(C(=O)C2CC3CCCC(C2)C3N)CC1)c1ccccc1.Cl. The number of nitrogens with two attached hydrogens (primary N) is 1. The van der Waals surface area contributed by atoms with E-state index >= 15 is 0 Å². The predicted octanol–water partition coefficient (Wildman–Crippen LogP) is 3.21. The predicted molar refractivity (Wildman–Crippen MR) is 121 cm³/mol. The molecule has 2 unspecified atom stereocenters. The van der Waals surface area contributed by atoms with Crippen LogP contribution in [0, 0.1) is 17.8 Å². The van der Waals surface area contributed by atoms with Crippen molar-refractivity contribution in [3.63, 3.8) is 0 Å². The second kappa shape index (κ2) is 9.27. The fourth-order valence-electron chi connectivity index (χ4n) is 5.75. The fourth-order valence-corrected chi connectivity index (χ4v) is 5.75. The van der Waals surface area contributed by atoms with Gasteiger partial charge in [-0.25, -0.2) is 0 Å². The Hall–Kier alpha value is -1.59. The summed E-state index contributed by atoms with van der Waals surface area (Å²) < 4.78 is 0. The van der Waals surface area contributed by atoms with Crippen LogP contribution in [0.1, 0.15) is 51.5 Å². The third-order valence-corrected chi connectivity index (χ3v) is 7.67. The molecule has 1 aromatic rings. The van der Waals surface area contributed by atoms with Crippen molar-refractivity contribution in [1.82, 2.24) is 9.80 Å². The molecule has 0 radical (unpaired) electrons. The molecule has 1 heterocycles. The first kappa shape index (κ1) is 23.1. The second-order valence-electron chi connectivity index (χ2n) is 9.81. The Balaban J connectivity index is 0.00000256. The highest BCUT2D eigenvalue weighted by Gasteiger charge is 2.42. The van der Waals surface area contributed by atoms with E-state index < -0.39 is 5.41 Å². The highest BCUT2D eigenvalue weighted by atomic mass is 35.5. The molecule has 2 bridgehead atoms. The van der Waals surface area contributed by atoms with Crippen molar-refractivity contribution >= 4 is 24.2 Å². The lowest BCUT2D eigenvalue weighted by atomic mass is 9.65.